The molecule has 2 atom stereocenters. The largest absolute Gasteiger partial charge is 0.371 e. The summed E-state index contributed by atoms with van der Waals surface area (Å²) in [4.78, 5) is 0. The molecule has 0 aromatic heterocycles. The van der Waals surface area contributed by atoms with Crippen molar-refractivity contribution < 1.29 is 4.74 Å². The highest BCUT2D eigenvalue weighted by Crippen LogP contribution is 2.42. The summed E-state index contributed by atoms with van der Waals surface area (Å²) in [7, 11) is 0. The summed E-state index contributed by atoms with van der Waals surface area (Å²) >= 11 is 0. The van der Waals surface area contributed by atoms with Crippen molar-refractivity contribution in [2.75, 3.05) is 6.54 Å². The Morgan fingerprint density at radius 3 is 2.88 bits per heavy atom. The van der Waals surface area contributed by atoms with Crippen LogP contribution in [0, 0.1) is 0 Å². The molecule has 0 saturated carbocycles. The van der Waals surface area contributed by atoms with Gasteiger partial charge in [0.1, 0.15) is 0 Å². The molecule has 0 aliphatic carbocycles. The first-order chi connectivity index (χ1) is 7.18. The third-order valence-electron chi connectivity index (χ3n) is 3.75. The van der Waals surface area contributed by atoms with Gasteiger partial charge in [-0.05, 0) is 25.0 Å². The molecule has 88 valence electrons. The van der Waals surface area contributed by atoms with E-state index in [1.54, 1.807) is 0 Å². The van der Waals surface area contributed by atoms with Crippen molar-refractivity contribution in [1.29, 1.82) is 0 Å². The van der Waals surface area contributed by atoms with Gasteiger partial charge in [-0.1, -0.05) is 24.3 Å². The molecule has 1 N–H and O–H groups in total. The number of fused-ring (bicyclic) bond motifs is 3. The first-order valence-electron chi connectivity index (χ1n) is 5.63. The number of benzene rings is 1. The van der Waals surface area contributed by atoms with E-state index in [0.29, 0.717) is 12.0 Å². The lowest BCUT2D eigenvalue weighted by Gasteiger charge is -2.35. The van der Waals surface area contributed by atoms with E-state index in [9.17, 15) is 0 Å². The maximum Gasteiger partial charge on any atom is 0.0790 e. The van der Waals surface area contributed by atoms with Crippen LogP contribution in [0.25, 0.3) is 0 Å². The molecule has 0 radical (unpaired) electrons. The lowest BCUT2D eigenvalue weighted by molar-refractivity contribution is 0.0226. The van der Waals surface area contributed by atoms with Crippen molar-refractivity contribution in [2.24, 2.45) is 0 Å². The summed E-state index contributed by atoms with van der Waals surface area (Å²) in [6.07, 6.45) is 0.356. The topological polar surface area (TPSA) is 21.3 Å². The fourth-order valence-electron chi connectivity index (χ4n) is 2.97. The first kappa shape index (κ1) is 11.9. The molecule has 2 nitrogen and oxygen atoms in total. The molecule has 1 aromatic rings. The smallest absolute Gasteiger partial charge is 0.0790 e. The zero-order valence-corrected chi connectivity index (χ0v) is 10.5. The SMILES string of the molecule is CC1(C)NCC2OCc3ccccc3C21.Cl. The number of hydrogen-bond donors (Lipinski definition) is 1. The minimum absolute atomic E-state index is 0. The second-order valence-corrected chi connectivity index (χ2v) is 5.13. The Morgan fingerprint density at radius 1 is 1.31 bits per heavy atom. The van der Waals surface area contributed by atoms with Gasteiger partial charge in [0.05, 0.1) is 12.7 Å². The van der Waals surface area contributed by atoms with Crippen molar-refractivity contribution in [3.05, 3.63) is 35.4 Å². The zero-order valence-electron chi connectivity index (χ0n) is 9.69. The Kier molecular flexibility index (Phi) is 2.99. The molecule has 0 amide bonds. The van der Waals surface area contributed by atoms with E-state index >= 15 is 0 Å². The van der Waals surface area contributed by atoms with E-state index in [0.717, 1.165) is 13.2 Å². The van der Waals surface area contributed by atoms with E-state index in [4.69, 9.17) is 4.74 Å². The van der Waals surface area contributed by atoms with Gasteiger partial charge in [-0.15, -0.1) is 12.4 Å². The molecule has 1 aromatic carbocycles. The highest BCUT2D eigenvalue weighted by molar-refractivity contribution is 5.85. The molecule has 2 unspecified atom stereocenters. The highest BCUT2D eigenvalue weighted by atomic mass is 35.5. The lowest BCUT2D eigenvalue weighted by Crippen LogP contribution is -2.39. The number of rotatable bonds is 0. The summed E-state index contributed by atoms with van der Waals surface area (Å²) in [6, 6.07) is 8.66. The molecule has 2 aliphatic rings. The number of nitrogens with one attached hydrogen (secondary N) is 1. The number of hydrogen-bond acceptors (Lipinski definition) is 2. The summed E-state index contributed by atoms with van der Waals surface area (Å²) in [6.45, 7) is 6.29. The van der Waals surface area contributed by atoms with Crippen LogP contribution in [-0.2, 0) is 11.3 Å². The molecule has 0 spiro atoms. The maximum absolute atomic E-state index is 5.90. The van der Waals surface area contributed by atoms with Crippen LogP contribution in [0.4, 0.5) is 0 Å². The molecular formula is C13H18ClNO. The van der Waals surface area contributed by atoms with E-state index in [-0.39, 0.29) is 17.9 Å². The molecule has 2 aliphatic heterocycles. The number of halogens is 1. The second-order valence-electron chi connectivity index (χ2n) is 5.13. The van der Waals surface area contributed by atoms with Gasteiger partial charge in [-0.25, -0.2) is 0 Å². The molecule has 3 heteroatoms. The Balaban J connectivity index is 0.000000963. The number of ether oxygens (including phenoxy) is 1. The van der Waals surface area contributed by atoms with Crippen LogP contribution in [0.15, 0.2) is 24.3 Å². The predicted octanol–water partition coefficient (Wildman–Crippen LogP) is 2.47. The maximum atomic E-state index is 5.90. The molecule has 1 fully saturated rings. The lowest BCUT2D eigenvalue weighted by atomic mass is 9.78. The summed E-state index contributed by atoms with van der Waals surface area (Å²) in [5.41, 5.74) is 2.99. The van der Waals surface area contributed by atoms with Crippen LogP contribution >= 0.6 is 12.4 Å². The van der Waals surface area contributed by atoms with Crippen molar-refractivity contribution in [3.8, 4) is 0 Å². The normalized spacial score (nSPS) is 30.1. The van der Waals surface area contributed by atoms with Gasteiger partial charge in [0, 0.05) is 18.0 Å². The van der Waals surface area contributed by atoms with Crippen LogP contribution in [0.3, 0.4) is 0 Å². The van der Waals surface area contributed by atoms with Gasteiger partial charge in [0.25, 0.3) is 0 Å². The van der Waals surface area contributed by atoms with Gasteiger partial charge >= 0.3 is 0 Å². The third-order valence-corrected chi connectivity index (χ3v) is 3.75. The second kappa shape index (κ2) is 4.02. The molecule has 3 rings (SSSR count). The molecule has 2 heterocycles. The summed E-state index contributed by atoms with van der Waals surface area (Å²) in [5.74, 6) is 0.502. The van der Waals surface area contributed by atoms with E-state index in [1.165, 1.54) is 11.1 Å². The van der Waals surface area contributed by atoms with Crippen molar-refractivity contribution in [2.45, 2.75) is 38.0 Å². The van der Waals surface area contributed by atoms with Gasteiger partial charge in [-0.2, -0.15) is 0 Å². The molecular weight excluding hydrogens is 222 g/mol. The Labute approximate surface area is 103 Å². The fraction of sp³-hybridized carbons (Fsp3) is 0.538. The minimum Gasteiger partial charge on any atom is -0.371 e. The first-order valence-corrected chi connectivity index (χ1v) is 5.63. The zero-order chi connectivity index (χ0) is 10.5. The molecule has 16 heavy (non-hydrogen) atoms. The monoisotopic (exact) mass is 239 g/mol. The minimum atomic E-state index is 0. The summed E-state index contributed by atoms with van der Waals surface area (Å²) < 4.78 is 5.90. The van der Waals surface area contributed by atoms with Gasteiger partial charge < -0.3 is 10.1 Å². The van der Waals surface area contributed by atoms with Crippen molar-refractivity contribution >= 4 is 12.4 Å². The average Bonchev–Trinajstić information content (AvgIpc) is 2.55. The van der Waals surface area contributed by atoms with E-state index < -0.39 is 0 Å². The van der Waals surface area contributed by atoms with Gasteiger partial charge in [-0.3, -0.25) is 0 Å². The van der Waals surface area contributed by atoms with Crippen LogP contribution in [0.5, 0.6) is 0 Å². The van der Waals surface area contributed by atoms with Crippen LogP contribution in [0.1, 0.15) is 30.9 Å². The average molecular weight is 240 g/mol. The third kappa shape index (κ3) is 1.65. The standard InChI is InChI=1S/C13H17NO.ClH/c1-13(2)12-10-6-4-3-5-9(10)8-15-11(12)7-14-13;/h3-6,11-12,14H,7-8H2,1-2H3;1H. The quantitative estimate of drug-likeness (QED) is 0.751. The van der Waals surface area contributed by atoms with Gasteiger partial charge in [0.2, 0.25) is 0 Å². The Morgan fingerprint density at radius 2 is 2.06 bits per heavy atom. The highest BCUT2D eigenvalue weighted by Gasteiger charge is 2.45. The fourth-order valence-corrected chi connectivity index (χ4v) is 2.97. The van der Waals surface area contributed by atoms with Crippen LogP contribution in [0.2, 0.25) is 0 Å². The predicted molar refractivity (Wildman–Crippen MR) is 67.1 cm³/mol. The van der Waals surface area contributed by atoms with Crippen LogP contribution in [-0.4, -0.2) is 18.2 Å². The van der Waals surface area contributed by atoms with E-state index in [2.05, 4.69) is 43.4 Å². The van der Waals surface area contributed by atoms with Crippen LogP contribution < -0.4 is 5.32 Å². The molecule has 0 bridgehead atoms. The van der Waals surface area contributed by atoms with Crippen molar-refractivity contribution in [1.82, 2.24) is 5.32 Å². The molecule has 1 saturated heterocycles. The van der Waals surface area contributed by atoms with Gasteiger partial charge in [0.15, 0.2) is 0 Å². The Bertz CT molecular complexity index is 391. The van der Waals surface area contributed by atoms with Crippen molar-refractivity contribution in [3.63, 3.8) is 0 Å². The van der Waals surface area contributed by atoms with E-state index in [1.807, 2.05) is 0 Å². The Hall–Kier alpha value is -0.570. The summed E-state index contributed by atoms with van der Waals surface area (Å²) in [5, 5.41) is 3.55.